The van der Waals surface area contributed by atoms with E-state index in [-0.39, 0.29) is 16.8 Å². The number of carbonyl (C=O) groups is 2. The average molecular weight is 378 g/mol. The Labute approximate surface area is 161 Å². The number of hydrogen-bond acceptors (Lipinski definition) is 5. The second-order valence-corrected chi connectivity index (χ2v) is 6.31. The molecule has 1 amide bonds. The first-order valence-electron chi connectivity index (χ1n) is 8.61. The van der Waals surface area contributed by atoms with Crippen LogP contribution in [0, 0.1) is 17.0 Å². The zero-order chi connectivity index (χ0) is 20.3. The molecule has 0 aliphatic rings. The van der Waals surface area contributed by atoms with Crippen LogP contribution in [-0.2, 0) is 9.53 Å². The number of nitrogens with zero attached hydrogens (tertiary/aromatic N) is 1. The van der Waals surface area contributed by atoms with E-state index in [1.165, 1.54) is 32.0 Å². The standard InChI is InChI=1S/C21H18N2O5/c1-13-18(8-5-9-19(13)23(26)27)21(25)28-14(2)20(24)22-17-11-10-15-6-3-4-7-16(15)12-17/h3-12,14H,1-2H3,(H,22,24)/t14-/m0/s1. The van der Waals surface area contributed by atoms with Gasteiger partial charge in [-0.2, -0.15) is 0 Å². The van der Waals surface area contributed by atoms with Crippen LogP contribution in [0.2, 0.25) is 0 Å². The van der Waals surface area contributed by atoms with Gasteiger partial charge in [0, 0.05) is 17.3 Å². The van der Waals surface area contributed by atoms with E-state index in [9.17, 15) is 19.7 Å². The van der Waals surface area contributed by atoms with Crippen molar-refractivity contribution in [3.05, 3.63) is 81.9 Å². The number of amides is 1. The molecule has 0 radical (unpaired) electrons. The van der Waals surface area contributed by atoms with Crippen molar-refractivity contribution in [2.45, 2.75) is 20.0 Å². The molecule has 7 heteroatoms. The van der Waals surface area contributed by atoms with E-state index in [4.69, 9.17) is 4.74 Å². The summed E-state index contributed by atoms with van der Waals surface area (Å²) in [5, 5.41) is 15.7. The molecular weight excluding hydrogens is 360 g/mol. The predicted molar refractivity (Wildman–Crippen MR) is 105 cm³/mol. The van der Waals surface area contributed by atoms with Gasteiger partial charge >= 0.3 is 5.97 Å². The molecule has 7 nitrogen and oxygen atoms in total. The first kappa shape index (κ1) is 19.0. The molecular formula is C21H18N2O5. The Kier molecular flexibility index (Phi) is 5.35. The van der Waals surface area contributed by atoms with Crippen LogP contribution in [0.3, 0.4) is 0 Å². The van der Waals surface area contributed by atoms with Gasteiger partial charge in [0.1, 0.15) is 0 Å². The Morgan fingerprint density at radius 1 is 1.04 bits per heavy atom. The van der Waals surface area contributed by atoms with E-state index in [0.717, 1.165) is 10.8 Å². The number of fused-ring (bicyclic) bond motifs is 1. The molecule has 3 aromatic rings. The number of carbonyl (C=O) groups excluding carboxylic acids is 2. The average Bonchev–Trinajstić information content (AvgIpc) is 2.67. The lowest BCUT2D eigenvalue weighted by Crippen LogP contribution is -2.30. The molecule has 0 heterocycles. The number of hydrogen-bond donors (Lipinski definition) is 1. The Hall–Kier alpha value is -3.74. The van der Waals surface area contributed by atoms with Crippen LogP contribution in [0.15, 0.2) is 60.7 Å². The van der Waals surface area contributed by atoms with E-state index in [0.29, 0.717) is 5.69 Å². The van der Waals surface area contributed by atoms with Crippen molar-refractivity contribution in [1.29, 1.82) is 0 Å². The fourth-order valence-electron chi connectivity index (χ4n) is 2.83. The van der Waals surface area contributed by atoms with Crippen LogP contribution < -0.4 is 5.32 Å². The molecule has 0 fully saturated rings. The van der Waals surface area contributed by atoms with Gasteiger partial charge in [-0.05, 0) is 42.8 Å². The van der Waals surface area contributed by atoms with Crippen LogP contribution in [0.1, 0.15) is 22.8 Å². The third-order valence-electron chi connectivity index (χ3n) is 4.39. The van der Waals surface area contributed by atoms with Gasteiger partial charge in [-0.3, -0.25) is 14.9 Å². The number of nitrogens with one attached hydrogen (secondary N) is 1. The van der Waals surface area contributed by atoms with Gasteiger partial charge in [0.2, 0.25) is 0 Å². The second-order valence-electron chi connectivity index (χ2n) is 6.31. The lowest BCUT2D eigenvalue weighted by molar-refractivity contribution is -0.385. The van der Waals surface area contributed by atoms with Gasteiger partial charge in [0.25, 0.3) is 11.6 Å². The minimum Gasteiger partial charge on any atom is -0.449 e. The van der Waals surface area contributed by atoms with Crippen molar-refractivity contribution in [3.63, 3.8) is 0 Å². The highest BCUT2D eigenvalue weighted by molar-refractivity contribution is 5.99. The Balaban J connectivity index is 1.70. The number of ether oxygens (including phenoxy) is 1. The number of nitro groups is 1. The summed E-state index contributed by atoms with van der Waals surface area (Å²) in [4.78, 5) is 35.2. The van der Waals surface area contributed by atoms with E-state index in [2.05, 4.69) is 5.32 Å². The van der Waals surface area contributed by atoms with Crippen molar-refractivity contribution in [3.8, 4) is 0 Å². The number of esters is 1. The molecule has 142 valence electrons. The van der Waals surface area contributed by atoms with Crippen LogP contribution in [0.4, 0.5) is 11.4 Å². The summed E-state index contributed by atoms with van der Waals surface area (Å²) in [5.74, 6) is -1.28. The quantitative estimate of drug-likeness (QED) is 0.407. The molecule has 0 aliphatic heterocycles. The van der Waals surface area contributed by atoms with E-state index >= 15 is 0 Å². The van der Waals surface area contributed by atoms with Gasteiger partial charge in [0.05, 0.1) is 10.5 Å². The molecule has 0 aliphatic carbocycles. The van der Waals surface area contributed by atoms with Gasteiger partial charge in [-0.15, -0.1) is 0 Å². The minimum absolute atomic E-state index is 0.0551. The van der Waals surface area contributed by atoms with E-state index in [1.54, 1.807) is 6.07 Å². The highest BCUT2D eigenvalue weighted by Crippen LogP contribution is 2.22. The molecule has 0 bridgehead atoms. The van der Waals surface area contributed by atoms with E-state index in [1.807, 2.05) is 36.4 Å². The zero-order valence-corrected chi connectivity index (χ0v) is 15.3. The summed E-state index contributed by atoms with van der Waals surface area (Å²) >= 11 is 0. The molecule has 3 aromatic carbocycles. The topological polar surface area (TPSA) is 98.5 Å². The summed E-state index contributed by atoms with van der Waals surface area (Å²) in [6.07, 6.45) is -1.07. The van der Waals surface area contributed by atoms with Crippen LogP contribution in [-0.4, -0.2) is 22.9 Å². The van der Waals surface area contributed by atoms with E-state index < -0.39 is 22.9 Å². The lowest BCUT2D eigenvalue weighted by atomic mass is 10.1. The SMILES string of the molecule is Cc1c(C(=O)O[C@@H](C)C(=O)Nc2ccc3ccccc3c2)cccc1[N+](=O)[O-]. The highest BCUT2D eigenvalue weighted by Gasteiger charge is 2.23. The Morgan fingerprint density at radius 2 is 1.75 bits per heavy atom. The minimum atomic E-state index is -1.07. The zero-order valence-electron chi connectivity index (χ0n) is 15.3. The molecule has 0 aromatic heterocycles. The second kappa shape index (κ2) is 7.87. The molecule has 1 atom stereocenters. The maximum Gasteiger partial charge on any atom is 0.339 e. The summed E-state index contributed by atoms with van der Waals surface area (Å²) in [5.41, 5.74) is 0.653. The Morgan fingerprint density at radius 3 is 2.46 bits per heavy atom. The van der Waals surface area contributed by atoms with Crippen LogP contribution in [0.25, 0.3) is 10.8 Å². The first-order chi connectivity index (χ1) is 13.4. The van der Waals surface area contributed by atoms with Crippen molar-refractivity contribution in [2.75, 3.05) is 5.32 Å². The smallest absolute Gasteiger partial charge is 0.339 e. The van der Waals surface area contributed by atoms with Crippen molar-refractivity contribution >= 4 is 34.0 Å². The molecule has 0 saturated carbocycles. The highest BCUT2D eigenvalue weighted by atomic mass is 16.6. The predicted octanol–water partition coefficient (Wildman–Crippen LogP) is 4.24. The maximum atomic E-state index is 12.4. The lowest BCUT2D eigenvalue weighted by Gasteiger charge is -2.14. The van der Waals surface area contributed by atoms with Gasteiger partial charge in [0.15, 0.2) is 6.10 Å². The monoisotopic (exact) mass is 378 g/mol. The molecule has 3 rings (SSSR count). The number of rotatable bonds is 5. The largest absolute Gasteiger partial charge is 0.449 e. The summed E-state index contributed by atoms with van der Waals surface area (Å²) in [6, 6.07) is 17.3. The summed E-state index contributed by atoms with van der Waals surface area (Å²) < 4.78 is 5.20. The van der Waals surface area contributed by atoms with Crippen LogP contribution in [0.5, 0.6) is 0 Å². The van der Waals surface area contributed by atoms with Crippen molar-refractivity contribution < 1.29 is 19.2 Å². The van der Waals surface area contributed by atoms with Gasteiger partial charge in [-0.1, -0.05) is 36.4 Å². The van der Waals surface area contributed by atoms with Crippen molar-refractivity contribution in [2.24, 2.45) is 0 Å². The Bertz CT molecular complexity index is 1080. The first-order valence-corrected chi connectivity index (χ1v) is 8.61. The summed E-state index contributed by atoms with van der Waals surface area (Å²) in [7, 11) is 0. The number of nitro benzene ring substituents is 1. The third-order valence-corrected chi connectivity index (χ3v) is 4.39. The number of benzene rings is 3. The molecule has 28 heavy (non-hydrogen) atoms. The van der Waals surface area contributed by atoms with Crippen molar-refractivity contribution in [1.82, 2.24) is 0 Å². The third kappa shape index (κ3) is 3.98. The van der Waals surface area contributed by atoms with Gasteiger partial charge < -0.3 is 10.1 Å². The number of anilines is 1. The molecule has 0 unspecified atom stereocenters. The molecule has 0 spiro atoms. The normalized spacial score (nSPS) is 11.6. The molecule has 1 N–H and O–H groups in total. The molecule has 0 saturated heterocycles. The van der Waals surface area contributed by atoms with Gasteiger partial charge in [-0.25, -0.2) is 4.79 Å². The fourth-order valence-corrected chi connectivity index (χ4v) is 2.83. The van der Waals surface area contributed by atoms with Crippen LogP contribution >= 0.6 is 0 Å². The fraction of sp³-hybridized carbons (Fsp3) is 0.143. The maximum absolute atomic E-state index is 12.4. The summed E-state index contributed by atoms with van der Waals surface area (Å²) in [6.45, 7) is 2.91.